The third kappa shape index (κ3) is 3.48. The Hall–Kier alpha value is -1.94. The van der Waals surface area contributed by atoms with Crippen LogP contribution in [0.2, 0.25) is 0 Å². The maximum Gasteiger partial charge on any atom is 0.495 e. The minimum absolute atomic E-state index is 0.0377. The molecular formula is C17H22BF3N4O2. The van der Waals surface area contributed by atoms with E-state index in [0.29, 0.717) is 5.46 Å². The molecule has 27 heavy (non-hydrogen) atoms. The van der Waals surface area contributed by atoms with E-state index >= 15 is 0 Å². The highest BCUT2D eigenvalue weighted by atomic mass is 19.4. The van der Waals surface area contributed by atoms with Crippen molar-refractivity contribution in [3.63, 3.8) is 0 Å². The molecule has 146 valence electrons. The second-order valence-corrected chi connectivity index (χ2v) is 7.84. The topological polar surface area (TPSA) is 62.1 Å². The van der Waals surface area contributed by atoms with Crippen LogP contribution in [0.25, 0.3) is 0 Å². The first-order chi connectivity index (χ1) is 12.3. The fraction of sp³-hybridized carbons (Fsp3) is 0.588. The van der Waals surface area contributed by atoms with Crippen LogP contribution in [0, 0.1) is 6.92 Å². The first kappa shape index (κ1) is 19.8. The molecule has 0 saturated carbocycles. The summed E-state index contributed by atoms with van der Waals surface area (Å²) in [6.45, 7) is 9.41. The van der Waals surface area contributed by atoms with Crippen LogP contribution >= 0.6 is 0 Å². The van der Waals surface area contributed by atoms with Crippen LogP contribution in [0.5, 0.6) is 0 Å². The molecule has 1 fully saturated rings. The van der Waals surface area contributed by atoms with Gasteiger partial charge in [0, 0.05) is 7.05 Å². The summed E-state index contributed by atoms with van der Waals surface area (Å²) in [5.74, 6) is -2.22. The molecule has 0 radical (unpaired) electrons. The number of halogens is 3. The highest BCUT2D eigenvalue weighted by Gasteiger charge is 2.52. The zero-order valence-corrected chi connectivity index (χ0v) is 16.1. The summed E-state index contributed by atoms with van der Waals surface area (Å²) in [7, 11) is 0.638. The van der Waals surface area contributed by atoms with Crippen molar-refractivity contribution in [2.45, 2.75) is 57.9 Å². The van der Waals surface area contributed by atoms with Crippen LogP contribution in [-0.4, -0.2) is 44.7 Å². The molecule has 1 atom stereocenters. The number of nitrogens with zero attached hydrogens (tertiary/aromatic N) is 4. The van der Waals surface area contributed by atoms with Crippen LogP contribution < -0.4 is 5.46 Å². The van der Waals surface area contributed by atoms with Gasteiger partial charge in [-0.1, -0.05) is 23.8 Å². The number of aryl methyl sites for hydroxylation is 2. The molecule has 2 aromatic rings. The Morgan fingerprint density at radius 1 is 1.11 bits per heavy atom. The fourth-order valence-electron chi connectivity index (χ4n) is 3.03. The molecule has 1 saturated heterocycles. The van der Waals surface area contributed by atoms with Gasteiger partial charge >= 0.3 is 13.3 Å². The molecule has 1 aliphatic heterocycles. The highest BCUT2D eigenvalue weighted by molar-refractivity contribution is 6.62. The van der Waals surface area contributed by atoms with Crippen molar-refractivity contribution in [3.05, 3.63) is 35.2 Å². The highest BCUT2D eigenvalue weighted by Crippen LogP contribution is 2.40. The number of hydrogen-bond acceptors (Lipinski definition) is 5. The van der Waals surface area contributed by atoms with Gasteiger partial charge in [-0.05, 0) is 56.1 Å². The van der Waals surface area contributed by atoms with Crippen LogP contribution in [0.1, 0.15) is 50.6 Å². The van der Waals surface area contributed by atoms with E-state index in [1.165, 1.54) is 19.2 Å². The summed E-state index contributed by atoms with van der Waals surface area (Å²) < 4.78 is 54.6. The summed E-state index contributed by atoms with van der Waals surface area (Å²) in [6, 6.07) is 4.56. The Bertz CT molecular complexity index is 835. The summed E-state index contributed by atoms with van der Waals surface area (Å²) in [5, 5.41) is 10.5. The average Bonchev–Trinajstić information content (AvgIpc) is 3.01. The van der Waals surface area contributed by atoms with E-state index in [1.54, 1.807) is 6.07 Å². The molecule has 6 nitrogen and oxygen atoms in total. The minimum Gasteiger partial charge on any atom is -0.399 e. The molecule has 1 aromatic heterocycles. The van der Waals surface area contributed by atoms with Crippen LogP contribution in [0.15, 0.2) is 18.2 Å². The van der Waals surface area contributed by atoms with E-state index in [0.717, 1.165) is 10.2 Å². The van der Waals surface area contributed by atoms with Gasteiger partial charge in [-0.15, -0.1) is 5.10 Å². The number of benzene rings is 1. The lowest BCUT2D eigenvalue weighted by molar-refractivity contribution is -0.143. The van der Waals surface area contributed by atoms with Gasteiger partial charge in [-0.25, -0.2) is 4.68 Å². The number of alkyl halides is 3. The number of tetrazole rings is 1. The molecule has 0 spiro atoms. The monoisotopic (exact) mass is 382 g/mol. The largest absolute Gasteiger partial charge is 0.495 e. The third-order valence-corrected chi connectivity index (χ3v) is 5.38. The van der Waals surface area contributed by atoms with Gasteiger partial charge in [-0.2, -0.15) is 13.2 Å². The van der Waals surface area contributed by atoms with Crippen LogP contribution in [0.4, 0.5) is 13.2 Å². The molecule has 3 rings (SSSR count). The zero-order chi connectivity index (χ0) is 20.2. The normalized spacial score (nSPS) is 20.1. The molecule has 0 aliphatic carbocycles. The number of hydrogen-bond donors (Lipinski definition) is 0. The van der Waals surface area contributed by atoms with E-state index in [9.17, 15) is 13.2 Å². The van der Waals surface area contributed by atoms with Crippen molar-refractivity contribution in [1.82, 2.24) is 20.2 Å². The van der Waals surface area contributed by atoms with E-state index in [-0.39, 0.29) is 11.4 Å². The Morgan fingerprint density at radius 2 is 1.70 bits per heavy atom. The van der Waals surface area contributed by atoms with Crippen molar-refractivity contribution in [1.29, 1.82) is 0 Å². The van der Waals surface area contributed by atoms with Crippen molar-refractivity contribution < 1.29 is 22.5 Å². The quantitative estimate of drug-likeness (QED) is 0.764. The van der Waals surface area contributed by atoms with Gasteiger partial charge in [0.1, 0.15) is 5.92 Å². The summed E-state index contributed by atoms with van der Waals surface area (Å²) >= 11 is 0. The lowest BCUT2D eigenvalue weighted by Crippen LogP contribution is -2.41. The lowest BCUT2D eigenvalue weighted by Gasteiger charge is -2.32. The first-order valence-electron chi connectivity index (χ1n) is 8.58. The Labute approximate surface area is 156 Å². The molecule has 1 aromatic carbocycles. The molecule has 0 amide bonds. The van der Waals surface area contributed by atoms with Gasteiger partial charge < -0.3 is 9.31 Å². The molecule has 0 bridgehead atoms. The standard InChI is InChI=1S/C17H22BF3N4O2/c1-10-7-8-11(13(17(19,20)21)14-22-23-24-25(14)6)9-12(10)18-26-15(2,3)16(4,5)27-18/h7-9,13H,1-6H3. The predicted molar refractivity (Wildman–Crippen MR) is 93.6 cm³/mol. The average molecular weight is 382 g/mol. The van der Waals surface area contributed by atoms with E-state index in [2.05, 4.69) is 15.5 Å². The van der Waals surface area contributed by atoms with Crippen molar-refractivity contribution >= 4 is 12.6 Å². The zero-order valence-electron chi connectivity index (χ0n) is 16.1. The van der Waals surface area contributed by atoms with E-state index < -0.39 is 30.4 Å². The first-order valence-corrected chi connectivity index (χ1v) is 8.58. The van der Waals surface area contributed by atoms with Crippen LogP contribution in [-0.2, 0) is 16.4 Å². The second-order valence-electron chi connectivity index (χ2n) is 7.84. The Morgan fingerprint density at radius 3 is 2.19 bits per heavy atom. The second kappa shape index (κ2) is 6.30. The maximum atomic E-state index is 13.8. The summed E-state index contributed by atoms with van der Waals surface area (Å²) in [6.07, 6.45) is -4.55. The van der Waals surface area contributed by atoms with Gasteiger partial charge in [-0.3, -0.25) is 0 Å². The van der Waals surface area contributed by atoms with E-state index in [4.69, 9.17) is 9.31 Å². The molecule has 2 heterocycles. The number of rotatable bonds is 3. The van der Waals surface area contributed by atoms with Gasteiger partial charge in [0.2, 0.25) is 0 Å². The van der Waals surface area contributed by atoms with E-state index in [1.807, 2.05) is 34.6 Å². The third-order valence-electron chi connectivity index (χ3n) is 5.38. The molecule has 1 aliphatic rings. The predicted octanol–water partition coefficient (Wildman–Crippen LogP) is 2.51. The van der Waals surface area contributed by atoms with Crippen LogP contribution in [0.3, 0.4) is 0 Å². The van der Waals surface area contributed by atoms with Crippen molar-refractivity contribution in [2.24, 2.45) is 7.05 Å². The number of aromatic nitrogens is 4. The molecule has 1 unspecified atom stereocenters. The Balaban J connectivity index is 2.06. The van der Waals surface area contributed by atoms with Gasteiger partial charge in [0.05, 0.1) is 11.2 Å². The molecule has 0 N–H and O–H groups in total. The summed E-state index contributed by atoms with van der Waals surface area (Å²) in [5.41, 5.74) is 0.217. The smallest absolute Gasteiger partial charge is 0.399 e. The fourth-order valence-corrected chi connectivity index (χ4v) is 3.03. The molecular weight excluding hydrogens is 360 g/mol. The molecule has 10 heteroatoms. The minimum atomic E-state index is -4.55. The van der Waals surface area contributed by atoms with Crippen molar-refractivity contribution in [3.8, 4) is 0 Å². The van der Waals surface area contributed by atoms with Crippen molar-refractivity contribution in [2.75, 3.05) is 0 Å². The van der Waals surface area contributed by atoms with Gasteiger partial charge in [0.25, 0.3) is 0 Å². The Kier molecular flexibility index (Phi) is 4.63. The lowest BCUT2D eigenvalue weighted by atomic mass is 9.74. The maximum absolute atomic E-state index is 13.8. The SMILES string of the molecule is Cc1ccc(C(c2nnnn2C)C(F)(F)F)cc1B1OC(C)(C)C(C)(C)O1. The summed E-state index contributed by atoms with van der Waals surface area (Å²) in [4.78, 5) is 0. The van der Waals surface area contributed by atoms with Gasteiger partial charge in [0.15, 0.2) is 5.82 Å².